The highest BCUT2D eigenvalue weighted by molar-refractivity contribution is 6.06. The predicted molar refractivity (Wildman–Crippen MR) is 155 cm³/mol. The maximum atomic E-state index is 13.8. The molecule has 1 saturated heterocycles. The van der Waals surface area contributed by atoms with Gasteiger partial charge in [0.2, 0.25) is 0 Å². The molecule has 0 bridgehead atoms. The highest BCUT2D eigenvalue weighted by atomic mass is 19.4. The number of fused-ring (bicyclic) bond motifs is 1. The van der Waals surface area contributed by atoms with Crippen LogP contribution in [0.25, 0.3) is 11.1 Å². The van der Waals surface area contributed by atoms with Crippen molar-refractivity contribution in [3.8, 4) is 11.1 Å². The number of hydrogen-bond donors (Lipinski definition) is 2. The van der Waals surface area contributed by atoms with Crippen molar-refractivity contribution in [1.29, 1.82) is 0 Å². The van der Waals surface area contributed by atoms with Gasteiger partial charge in [0.25, 0.3) is 11.5 Å². The van der Waals surface area contributed by atoms with Gasteiger partial charge in [0, 0.05) is 50.2 Å². The molecular weight excluding hydrogens is 563 g/mol. The zero-order valence-corrected chi connectivity index (χ0v) is 24.1. The van der Waals surface area contributed by atoms with Crippen LogP contribution in [0.4, 0.5) is 30.5 Å². The first-order chi connectivity index (χ1) is 20.3. The number of nitrogens with zero attached hydrogens (tertiary/aromatic N) is 6. The number of amides is 1. The Balaban J connectivity index is 1.49. The van der Waals surface area contributed by atoms with Crippen molar-refractivity contribution in [3.05, 3.63) is 82.2 Å². The Hall–Kier alpha value is -4.52. The van der Waals surface area contributed by atoms with Crippen molar-refractivity contribution in [1.82, 2.24) is 24.6 Å². The van der Waals surface area contributed by atoms with E-state index < -0.39 is 24.0 Å². The lowest BCUT2D eigenvalue weighted by molar-refractivity contribution is -0.141. The number of rotatable bonds is 5. The van der Waals surface area contributed by atoms with Crippen LogP contribution in [0.3, 0.4) is 0 Å². The maximum absolute atomic E-state index is 13.8. The molecule has 0 spiro atoms. The second-order valence-electron chi connectivity index (χ2n) is 11.5. The van der Waals surface area contributed by atoms with Crippen molar-refractivity contribution in [2.75, 3.05) is 29.9 Å². The van der Waals surface area contributed by atoms with Crippen LogP contribution in [0.15, 0.2) is 65.4 Å². The van der Waals surface area contributed by atoms with Crippen molar-refractivity contribution >= 4 is 23.2 Å². The van der Waals surface area contributed by atoms with Crippen molar-refractivity contribution in [2.24, 2.45) is 12.5 Å². The zero-order chi connectivity index (χ0) is 31.1. The van der Waals surface area contributed by atoms with E-state index in [9.17, 15) is 27.9 Å². The number of aromatic nitrogens is 4. The van der Waals surface area contributed by atoms with Gasteiger partial charge >= 0.3 is 6.18 Å². The second-order valence-corrected chi connectivity index (χ2v) is 11.5. The number of aryl methyl sites for hydroxylation is 1. The molecule has 2 N–H and O–H groups in total. The lowest BCUT2D eigenvalue weighted by Gasteiger charge is -2.41. The summed E-state index contributed by atoms with van der Waals surface area (Å²) in [6.07, 6.45) is 1.96. The van der Waals surface area contributed by atoms with E-state index in [4.69, 9.17) is 0 Å². The summed E-state index contributed by atoms with van der Waals surface area (Å²) in [5.74, 6) is 0.00615. The summed E-state index contributed by atoms with van der Waals surface area (Å²) < 4.78 is 40.0. The number of allylic oxidation sites excluding steroid dienone is 2. The molecule has 10 nitrogen and oxygen atoms in total. The number of alkyl halides is 3. The average molecular weight is 596 g/mol. The summed E-state index contributed by atoms with van der Waals surface area (Å²) in [7, 11) is 1.52. The van der Waals surface area contributed by atoms with Gasteiger partial charge in [0.05, 0.1) is 6.61 Å². The molecule has 13 heteroatoms. The fourth-order valence-corrected chi connectivity index (χ4v) is 5.47. The number of halogens is 3. The van der Waals surface area contributed by atoms with Gasteiger partial charge < -0.3 is 19.9 Å². The van der Waals surface area contributed by atoms with Crippen molar-refractivity contribution in [2.45, 2.75) is 39.5 Å². The first-order valence-electron chi connectivity index (χ1n) is 13.7. The molecule has 3 aromatic heterocycles. The van der Waals surface area contributed by atoms with E-state index >= 15 is 0 Å². The monoisotopic (exact) mass is 595 g/mol. The van der Waals surface area contributed by atoms with Gasteiger partial charge in [-0.05, 0) is 54.2 Å². The minimum atomic E-state index is -4.65. The smallest absolute Gasteiger partial charge is 0.392 e. The summed E-state index contributed by atoms with van der Waals surface area (Å²) in [4.78, 5) is 34.8. The van der Waals surface area contributed by atoms with Crippen LogP contribution in [-0.2, 0) is 24.6 Å². The first-order valence-corrected chi connectivity index (χ1v) is 13.7. The van der Waals surface area contributed by atoms with Crippen molar-refractivity contribution in [3.63, 3.8) is 0 Å². The third kappa shape index (κ3) is 6.17. The maximum Gasteiger partial charge on any atom is 0.435 e. The van der Waals surface area contributed by atoms with Gasteiger partial charge in [-0.3, -0.25) is 14.5 Å². The van der Waals surface area contributed by atoms with Crippen LogP contribution in [0, 0.1) is 5.41 Å². The molecule has 0 aromatic carbocycles. The Morgan fingerprint density at radius 3 is 2.56 bits per heavy atom. The Morgan fingerprint density at radius 2 is 1.88 bits per heavy atom. The number of hydrogen-bond acceptors (Lipinski definition) is 8. The summed E-state index contributed by atoms with van der Waals surface area (Å²) in [5, 5.41) is 20.0. The molecule has 0 aliphatic carbocycles. The van der Waals surface area contributed by atoms with E-state index in [1.165, 1.54) is 23.9 Å². The number of carbonyl (C=O) groups excluding carboxylic acids is 1. The number of anilines is 3. The third-order valence-electron chi connectivity index (χ3n) is 7.66. The summed E-state index contributed by atoms with van der Waals surface area (Å²) in [6, 6.07) is 5.01. The fraction of sp³-hybridized carbons (Fsp3) is 0.367. The van der Waals surface area contributed by atoms with E-state index in [2.05, 4.69) is 45.8 Å². The molecule has 226 valence electrons. The molecule has 0 unspecified atom stereocenters. The van der Waals surface area contributed by atoms with Gasteiger partial charge in [-0.1, -0.05) is 26.0 Å². The summed E-state index contributed by atoms with van der Waals surface area (Å²) in [5.41, 5.74) is 1.30. The normalized spacial score (nSPS) is 18.4. The number of nitrogens with one attached hydrogen (secondary N) is 1. The average Bonchev–Trinajstić information content (AvgIpc) is 2.94. The number of piperazine rings is 1. The molecule has 1 fully saturated rings. The second kappa shape index (κ2) is 11.3. The molecule has 1 amide bonds. The van der Waals surface area contributed by atoms with E-state index in [0.717, 1.165) is 37.1 Å². The van der Waals surface area contributed by atoms with Crippen molar-refractivity contribution < 1.29 is 23.1 Å². The lowest BCUT2D eigenvalue weighted by atomic mass is 9.81. The minimum absolute atomic E-state index is 0.0297. The van der Waals surface area contributed by atoms with Gasteiger partial charge in [-0.2, -0.15) is 13.2 Å². The molecule has 2 aliphatic heterocycles. The molecular formula is C30H32F3N7O3. The Bertz CT molecular complexity index is 1660. The lowest BCUT2D eigenvalue weighted by Crippen LogP contribution is -2.50. The Morgan fingerprint density at radius 1 is 1.12 bits per heavy atom. The van der Waals surface area contributed by atoms with Gasteiger partial charge in [-0.15, -0.1) is 10.2 Å². The standard InChI is InChI=1S/C30H32F3N7O3/c1-18-13-23-28(43)40(12-11-39(23)10-8-29(2,3)15-18)26-21(17-41)20(7-9-34-26)19-14-22(27(42)38(4)16-19)35-25-6-5-24(36-37-25)30(31,32)33/h5-7,9,13-14,16,41H,1,8,10-12,15,17H2,2-4H3,(H,35,37)/b23-13-. The SMILES string of the molecule is C=C1/C=C2/C(=O)N(c3nccc(-c4cc(Nc5ccc(C(F)(F)F)nn5)c(=O)n(C)c4)c3CO)CCN2CCC(C)(C)C1. The zero-order valence-electron chi connectivity index (χ0n) is 24.1. The molecule has 2 aliphatic rings. The quantitative estimate of drug-likeness (QED) is 0.446. The minimum Gasteiger partial charge on any atom is -0.392 e. The molecule has 5 heterocycles. The molecule has 0 saturated carbocycles. The molecule has 0 atom stereocenters. The Kier molecular flexibility index (Phi) is 7.86. The van der Waals surface area contributed by atoms with E-state index in [-0.39, 0.29) is 22.8 Å². The topological polar surface area (TPSA) is 116 Å². The number of aliphatic hydroxyl groups is 1. The number of aliphatic hydroxyl groups excluding tert-OH is 1. The molecule has 43 heavy (non-hydrogen) atoms. The predicted octanol–water partition coefficient (Wildman–Crippen LogP) is 4.40. The van der Waals surface area contributed by atoms with Gasteiger partial charge in [0.15, 0.2) is 11.5 Å². The van der Waals surface area contributed by atoms with Crippen LogP contribution >= 0.6 is 0 Å². The molecule has 3 aromatic rings. The number of pyridine rings is 2. The molecule has 5 rings (SSSR count). The largest absolute Gasteiger partial charge is 0.435 e. The first kappa shape index (κ1) is 30.0. The highest BCUT2D eigenvalue weighted by Gasteiger charge is 2.35. The Labute approximate surface area is 246 Å². The van der Waals surface area contributed by atoms with Crippen LogP contribution < -0.4 is 15.8 Å². The fourth-order valence-electron chi connectivity index (χ4n) is 5.47. The van der Waals surface area contributed by atoms with Crippen LogP contribution in [-0.4, -0.2) is 55.3 Å². The summed E-state index contributed by atoms with van der Waals surface area (Å²) >= 11 is 0. The van der Waals surface area contributed by atoms with E-state index in [1.54, 1.807) is 17.2 Å². The summed E-state index contributed by atoms with van der Waals surface area (Å²) in [6.45, 7) is 9.79. The van der Waals surface area contributed by atoms with E-state index in [1.807, 2.05) is 6.08 Å². The van der Waals surface area contributed by atoms with Gasteiger partial charge in [-0.25, -0.2) is 4.98 Å². The van der Waals surface area contributed by atoms with Crippen LogP contribution in [0.1, 0.15) is 37.9 Å². The molecule has 0 radical (unpaired) electrons. The van der Waals surface area contributed by atoms with Crippen LogP contribution in [0.2, 0.25) is 0 Å². The van der Waals surface area contributed by atoms with Gasteiger partial charge in [0.1, 0.15) is 17.2 Å². The third-order valence-corrected chi connectivity index (χ3v) is 7.66. The van der Waals surface area contributed by atoms with E-state index in [0.29, 0.717) is 41.3 Å². The van der Waals surface area contributed by atoms with Crippen LogP contribution in [0.5, 0.6) is 0 Å². The number of carbonyl (C=O) groups is 1. The highest BCUT2D eigenvalue weighted by Crippen LogP contribution is 2.36.